The largest absolute Gasteiger partial charge is 0.441 e. The number of aryl methyl sites for hydroxylation is 1. The van der Waals surface area contributed by atoms with Gasteiger partial charge in [0, 0.05) is 36.8 Å². The quantitative estimate of drug-likeness (QED) is 0.604. The van der Waals surface area contributed by atoms with E-state index in [2.05, 4.69) is 20.9 Å². The molecule has 0 unspecified atom stereocenters. The summed E-state index contributed by atoms with van der Waals surface area (Å²) in [4.78, 5) is 27.7. The molecule has 0 aliphatic rings. The van der Waals surface area contributed by atoms with Crippen LogP contribution in [0.15, 0.2) is 59.1 Å². The molecule has 8 heteroatoms. The number of amides is 3. The Labute approximate surface area is 161 Å². The van der Waals surface area contributed by atoms with E-state index in [1.807, 2.05) is 0 Å². The van der Waals surface area contributed by atoms with E-state index in [4.69, 9.17) is 4.42 Å². The van der Waals surface area contributed by atoms with Crippen LogP contribution in [0.4, 0.5) is 20.6 Å². The molecule has 0 saturated heterocycles. The van der Waals surface area contributed by atoms with Gasteiger partial charge >= 0.3 is 6.03 Å². The number of hydrogen-bond acceptors (Lipinski definition) is 4. The van der Waals surface area contributed by atoms with Crippen LogP contribution in [-0.2, 0) is 11.2 Å². The van der Waals surface area contributed by atoms with E-state index in [0.717, 1.165) is 0 Å². The molecule has 28 heavy (non-hydrogen) atoms. The summed E-state index contributed by atoms with van der Waals surface area (Å²) in [6.07, 6.45) is 2.05. The highest BCUT2D eigenvalue weighted by Gasteiger charge is 2.10. The van der Waals surface area contributed by atoms with Crippen LogP contribution in [0, 0.1) is 5.82 Å². The fourth-order valence-electron chi connectivity index (χ4n) is 2.49. The number of benzene rings is 2. The first kappa shape index (κ1) is 19.1. The van der Waals surface area contributed by atoms with Crippen molar-refractivity contribution in [1.82, 2.24) is 10.3 Å². The van der Waals surface area contributed by atoms with E-state index < -0.39 is 0 Å². The molecule has 0 aliphatic heterocycles. The van der Waals surface area contributed by atoms with Crippen LogP contribution in [0.1, 0.15) is 12.3 Å². The standard InChI is InChI=1S/C20H19FN4O3/c1-22-20(27)25-16-4-2-3-15(11-16)24-18(26)9-10-19-23-12-17(28-19)13-5-7-14(21)8-6-13/h2-8,11-12H,9-10H2,1H3,(H,24,26)(H2,22,25,27). The molecule has 0 spiro atoms. The highest BCUT2D eigenvalue weighted by atomic mass is 19.1. The molecular weight excluding hydrogens is 363 g/mol. The van der Waals surface area contributed by atoms with Crippen molar-refractivity contribution in [3.05, 3.63) is 66.4 Å². The minimum Gasteiger partial charge on any atom is -0.441 e. The zero-order valence-corrected chi connectivity index (χ0v) is 15.2. The Kier molecular flexibility index (Phi) is 6.01. The number of carbonyl (C=O) groups is 2. The fourth-order valence-corrected chi connectivity index (χ4v) is 2.49. The average Bonchev–Trinajstić information content (AvgIpc) is 3.16. The van der Waals surface area contributed by atoms with Crippen LogP contribution < -0.4 is 16.0 Å². The molecule has 3 rings (SSSR count). The molecule has 3 amide bonds. The number of halogens is 1. The zero-order valence-electron chi connectivity index (χ0n) is 15.2. The summed E-state index contributed by atoms with van der Waals surface area (Å²) in [6.45, 7) is 0. The Morgan fingerprint density at radius 2 is 1.79 bits per heavy atom. The molecule has 0 fully saturated rings. The monoisotopic (exact) mass is 382 g/mol. The van der Waals surface area contributed by atoms with E-state index >= 15 is 0 Å². The van der Waals surface area contributed by atoms with Crippen molar-refractivity contribution in [3.63, 3.8) is 0 Å². The predicted molar refractivity (Wildman–Crippen MR) is 103 cm³/mol. The number of carbonyl (C=O) groups excluding carboxylic acids is 2. The first-order valence-corrected chi connectivity index (χ1v) is 8.63. The topological polar surface area (TPSA) is 96.3 Å². The SMILES string of the molecule is CNC(=O)Nc1cccc(NC(=O)CCc2ncc(-c3ccc(F)cc3)o2)c1. The lowest BCUT2D eigenvalue weighted by Crippen LogP contribution is -2.24. The van der Waals surface area contributed by atoms with Gasteiger partial charge in [-0.1, -0.05) is 6.07 Å². The van der Waals surface area contributed by atoms with E-state index in [1.165, 1.54) is 19.2 Å². The molecular formula is C20H19FN4O3. The van der Waals surface area contributed by atoms with Crippen molar-refractivity contribution in [1.29, 1.82) is 0 Å². The predicted octanol–water partition coefficient (Wildman–Crippen LogP) is 3.80. The highest BCUT2D eigenvalue weighted by molar-refractivity contribution is 5.93. The second-order valence-electron chi connectivity index (χ2n) is 5.96. The van der Waals surface area contributed by atoms with Gasteiger partial charge in [-0.2, -0.15) is 0 Å². The molecule has 144 valence electrons. The lowest BCUT2D eigenvalue weighted by atomic mass is 10.2. The van der Waals surface area contributed by atoms with Gasteiger partial charge in [-0.25, -0.2) is 14.2 Å². The maximum atomic E-state index is 13.0. The minimum absolute atomic E-state index is 0.177. The van der Waals surface area contributed by atoms with Crippen molar-refractivity contribution in [3.8, 4) is 11.3 Å². The molecule has 0 bridgehead atoms. The Balaban J connectivity index is 1.54. The number of anilines is 2. The summed E-state index contributed by atoms with van der Waals surface area (Å²) >= 11 is 0. The normalized spacial score (nSPS) is 10.4. The zero-order chi connectivity index (χ0) is 19.9. The van der Waals surface area contributed by atoms with Crippen LogP contribution in [-0.4, -0.2) is 24.0 Å². The number of rotatable bonds is 6. The van der Waals surface area contributed by atoms with E-state index in [9.17, 15) is 14.0 Å². The van der Waals surface area contributed by atoms with E-state index in [0.29, 0.717) is 35.0 Å². The number of hydrogen-bond donors (Lipinski definition) is 3. The molecule has 0 atom stereocenters. The van der Waals surface area contributed by atoms with Crippen molar-refractivity contribution in [2.45, 2.75) is 12.8 Å². The second kappa shape index (κ2) is 8.81. The van der Waals surface area contributed by atoms with Gasteiger partial charge in [-0.05, 0) is 42.5 Å². The summed E-state index contributed by atoms with van der Waals surface area (Å²) in [5, 5.41) is 7.86. The summed E-state index contributed by atoms with van der Waals surface area (Å²) < 4.78 is 18.6. The van der Waals surface area contributed by atoms with Crippen LogP contribution in [0.3, 0.4) is 0 Å². The fraction of sp³-hybridized carbons (Fsp3) is 0.150. The first-order valence-electron chi connectivity index (χ1n) is 8.63. The Morgan fingerprint density at radius 1 is 1.07 bits per heavy atom. The molecule has 7 nitrogen and oxygen atoms in total. The Bertz CT molecular complexity index is 970. The van der Waals surface area contributed by atoms with Gasteiger partial charge in [0.15, 0.2) is 11.7 Å². The van der Waals surface area contributed by atoms with Gasteiger partial charge in [-0.15, -0.1) is 0 Å². The Morgan fingerprint density at radius 3 is 2.50 bits per heavy atom. The van der Waals surface area contributed by atoms with E-state index in [1.54, 1.807) is 42.6 Å². The number of oxazole rings is 1. The van der Waals surface area contributed by atoms with Gasteiger partial charge < -0.3 is 20.4 Å². The van der Waals surface area contributed by atoms with Crippen LogP contribution in [0.5, 0.6) is 0 Å². The lowest BCUT2D eigenvalue weighted by Gasteiger charge is -2.08. The smallest absolute Gasteiger partial charge is 0.318 e. The molecule has 3 N–H and O–H groups in total. The van der Waals surface area contributed by atoms with Crippen molar-refractivity contribution in [2.75, 3.05) is 17.7 Å². The summed E-state index contributed by atoms with van der Waals surface area (Å²) in [5.74, 6) is 0.404. The van der Waals surface area contributed by atoms with Crippen LogP contribution in [0.25, 0.3) is 11.3 Å². The van der Waals surface area contributed by atoms with Gasteiger partial charge in [0.05, 0.1) is 6.20 Å². The Hall–Kier alpha value is -3.68. The average molecular weight is 382 g/mol. The van der Waals surface area contributed by atoms with Crippen molar-refractivity contribution < 1.29 is 18.4 Å². The maximum Gasteiger partial charge on any atom is 0.318 e. The van der Waals surface area contributed by atoms with Gasteiger partial charge in [0.25, 0.3) is 0 Å². The molecule has 3 aromatic rings. The third kappa shape index (κ3) is 5.16. The van der Waals surface area contributed by atoms with Crippen LogP contribution >= 0.6 is 0 Å². The number of nitrogens with zero attached hydrogens (tertiary/aromatic N) is 1. The molecule has 2 aromatic carbocycles. The summed E-state index contributed by atoms with van der Waals surface area (Å²) in [6, 6.07) is 12.4. The molecule has 0 aliphatic carbocycles. The van der Waals surface area contributed by atoms with Gasteiger partial charge in [0.1, 0.15) is 5.82 Å². The number of nitrogens with one attached hydrogen (secondary N) is 3. The van der Waals surface area contributed by atoms with Gasteiger partial charge in [-0.3, -0.25) is 4.79 Å². The summed E-state index contributed by atoms with van der Waals surface area (Å²) in [7, 11) is 1.52. The van der Waals surface area contributed by atoms with E-state index in [-0.39, 0.29) is 24.2 Å². The third-order valence-electron chi connectivity index (χ3n) is 3.88. The maximum absolute atomic E-state index is 13.0. The second-order valence-corrected chi connectivity index (χ2v) is 5.96. The molecule has 1 heterocycles. The number of urea groups is 1. The highest BCUT2D eigenvalue weighted by Crippen LogP contribution is 2.21. The summed E-state index contributed by atoms with van der Waals surface area (Å²) in [5.41, 5.74) is 1.84. The first-order chi connectivity index (χ1) is 13.5. The van der Waals surface area contributed by atoms with Crippen LogP contribution in [0.2, 0.25) is 0 Å². The lowest BCUT2D eigenvalue weighted by molar-refractivity contribution is -0.116. The third-order valence-corrected chi connectivity index (χ3v) is 3.88. The molecule has 0 saturated carbocycles. The van der Waals surface area contributed by atoms with Crippen molar-refractivity contribution in [2.24, 2.45) is 0 Å². The molecule has 1 aromatic heterocycles. The molecule has 0 radical (unpaired) electrons. The van der Waals surface area contributed by atoms with Crippen molar-refractivity contribution >= 4 is 23.3 Å². The van der Waals surface area contributed by atoms with Gasteiger partial charge in [0.2, 0.25) is 5.91 Å². The number of aromatic nitrogens is 1. The minimum atomic E-state index is -0.343.